The quantitative estimate of drug-likeness (QED) is 0.280. The van der Waals surface area contributed by atoms with Crippen molar-refractivity contribution in [2.45, 2.75) is 66.3 Å². The number of amides is 1. The molecule has 5 rings (SSSR count). The van der Waals surface area contributed by atoms with Crippen molar-refractivity contribution in [2.75, 3.05) is 11.5 Å². The zero-order valence-corrected chi connectivity index (χ0v) is 23.6. The van der Waals surface area contributed by atoms with E-state index >= 15 is 0 Å². The van der Waals surface area contributed by atoms with E-state index in [1.165, 1.54) is 28.8 Å². The van der Waals surface area contributed by atoms with Gasteiger partial charge in [0.25, 0.3) is 11.9 Å². The van der Waals surface area contributed by atoms with Gasteiger partial charge in [-0.1, -0.05) is 30.5 Å². The summed E-state index contributed by atoms with van der Waals surface area (Å²) >= 11 is 1.55. The Labute approximate surface area is 224 Å². The van der Waals surface area contributed by atoms with Gasteiger partial charge in [0.2, 0.25) is 0 Å². The predicted octanol–water partition coefficient (Wildman–Crippen LogP) is 5.91. The topological polar surface area (TPSA) is 125 Å². The van der Waals surface area contributed by atoms with Crippen molar-refractivity contribution in [1.82, 2.24) is 19.2 Å². The first-order valence-corrected chi connectivity index (χ1v) is 13.1. The summed E-state index contributed by atoms with van der Waals surface area (Å²) in [6.45, 7) is 9.99. The molecular weight excluding hydrogens is 484 g/mol. The molecule has 1 aliphatic carbocycles. The molecule has 9 heteroatoms. The van der Waals surface area contributed by atoms with E-state index in [0.717, 1.165) is 35.7 Å². The molecule has 0 atom stereocenters. The SMILES string of the molecule is Cc1ccc(C(=O)NC2CCCC2)n1C.Cc1ccc(N)cc1.Cc1cnc(N)o1.Cc1cnsc1C. The van der Waals surface area contributed by atoms with E-state index in [-0.39, 0.29) is 11.9 Å². The number of nitrogens with two attached hydrogens (primary N) is 2. The van der Waals surface area contributed by atoms with E-state index in [0.29, 0.717) is 6.04 Å². The fraction of sp³-hybridized carbons (Fsp3) is 0.393. The lowest BCUT2D eigenvalue weighted by molar-refractivity contribution is 0.0929. The van der Waals surface area contributed by atoms with E-state index in [9.17, 15) is 4.79 Å². The van der Waals surface area contributed by atoms with Crippen molar-refractivity contribution in [3.63, 3.8) is 0 Å². The van der Waals surface area contributed by atoms with Gasteiger partial charge in [0, 0.05) is 35.5 Å². The van der Waals surface area contributed by atoms with Gasteiger partial charge in [-0.25, -0.2) is 9.36 Å². The number of aromatic nitrogens is 3. The number of carbonyl (C=O) groups is 1. The third kappa shape index (κ3) is 10.5. The van der Waals surface area contributed by atoms with E-state index in [2.05, 4.69) is 28.5 Å². The van der Waals surface area contributed by atoms with Gasteiger partial charge in [0.1, 0.15) is 11.5 Å². The maximum Gasteiger partial charge on any atom is 0.292 e. The Kier molecular flexibility index (Phi) is 11.9. The van der Waals surface area contributed by atoms with E-state index in [1.807, 2.05) is 68.1 Å². The molecule has 4 aromatic rings. The minimum absolute atomic E-state index is 0.0671. The number of oxazole rings is 1. The third-order valence-electron chi connectivity index (χ3n) is 6.00. The maximum absolute atomic E-state index is 11.9. The number of rotatable bonds is 2. The highest BCUT2D eigenvalue weighted by Gasteiger charge is 2.19. The van der Waals surface area contributed by atoms with E-state index in [4.69, 9.17) is 15.9 Å². The monoisotopic (exact) mass is 524 g/mol. The van der Waals surface area contributed by atoms with Crippen LogP contribution < -0.4 is 16.8 Å². The summed E-state index contributed by atoms with van der Waals surface area (Å²) in [4.78, 5) is 16.8. The first kappa shape index (κ1) is 29.6. The lowest BCUT2D eigenvalue weighted by Crippen LogP contribution is -2.33. The largest absolute Gasteiger partial charge is 0.429 e. The second kappa shape index (κ2) is 14.8. The van der Waals surface area contributed by atoms with Gasteiger partial charge in [-0.3, -0.25) is 4.79 Å². The molecule has 0 spiro atoms. The smallest absolute Gasteiger partial charge is 0.292 e. The van der Waals surface area contributed by atoms with Gasteiger partial charge in [-0.05, 0) is 88.8 Å². The molecule has 0 bridgehead atoms. The molecule has 37 heavy (non-hydrogen) atoms. The fourth-order valence-electron chi connectivity index (χ4n) is 3.46. The average molecular weight is 525 g/mol. The van der Waals surface area contributed by atoms with Crippen LogP contribution in [0.1, 0.15) is 63.6 Å². The number of hydrogen-bond donors (Lipinski definition) is 3. The van der Waals surface area contributed by atoms with Crippen LogP contribution in [0, 0.1) is 34.6 Å². The summed E-state index contributed by atoms with van der Waals surface area (Å²) in [5, 5.41) is 3.09. The highest BCUT2D eigenvalue weighted by atomic mass is 32.1. The van der Waals surface area contributed by atoms with Crippen LogP contribution in [0.15, 0.2) is 53.2 Å². The number of aryl methyl sites for hydroxylation is 5. The molecule has 1 fully saturated rings. The van der Waals surface area contributed by atoms with Crippen LogP contribution in [0.4, 0.5) is 11.7 Å². The van der Waals surface area contributed by atoms with Crippen molar-refractivity contribution in [3.05, 3.63) is 81.9 Å². The second-order valence-corrected chi connectivity index (χ2v) is 10.2. The number of nitrogens with one attached hydrogen (secondary N) is 1. The predicted molar refractivity (Wildman–Crippen MR) is 153 cm³/mol. The summed E-state index contributed by atoms with van der Waals surface area (Å²) in [6, 6.07) is 12.3. The lowest BCUT2D eigenvalue weighted by Gasteiger charge is -2.12. The molecule has 1 saturated carbocycles. The molecule has 1 amide bonds. The standard InChI is InChI=1S/C12H18N2O.C7H9N.C5H7NS.C4H6N2O/c1-9-7-8-11(14(9)2)12(15)13-10-5-3-4-6-10;1-6-2-4-7(8)5-3-6;1-4-3-6-7-5(4)2;1-3-2-6-4(5)7-3/h7-8,10H,3-6H2,1-2H3,(H,13,15);2-5H,8H2,1H3;3H,1-2H3;2H,1H3,(H2,5,6). The molecule has 0 unspecified atom stereocenters. The van der Waals surface area contributed by atoms with Crippen LogP contribution >= 0.6 is 11.5 Å². The van der Waals surface area contributed by atoms with Crippen LogP contribution in [-0.4, -0.2) is 25.9 Å². The minimum atomic E-state index is 0.0671. The molecule has 0 aliphatic heterocycles. The molecule has 1 aliphatic rings. The fourth-order valence-corrected chi connectivity index (χ4v) is 4.02. The van der Waals surface area contributed by atoms with Gasteiger partial charge in [-0.15, -0.1) is 0 Å². The molecule has 0 saturated heterocycles. The molecular formula is C28H40N6O2S. The molecule has 200 valence electrons. The van der Waals surface area contributed by atoms with Gasteiger partial charge < -0.3 is 25.8 Å². The summed E-state index contributed by atoms with van der Waals surface area (Å²) in [7, 11) is 1.93. The van der Waals surface area contributed by atoms with Gasteiger partial charge in [0.15, 0.2) is 0 Å². The Hall–Kier alpha value is -3.59. The molecule has 3 aromatic heterocycles. The number of nitrogens with zero attached hydrogens (tertiary/aromatic N) is 3. The van der Waals surface area contributed by atoms with Gasteiger partial charge >= 0.3 is 0 Å². The van der Waals surface area contributed by atoms with E-state index in [1.54, 1.807) is 24.7 Å². The summed E-state index contributed by atoms with van der Waals surface area (Å²) in [5.74, 6) is 0.815. The number of hydrogen-bond acceptors (Lipinski definition) is 7. The van der Waals surface area contributed by atoms with Crippen molar-refractivity contribution < 1.29 is 9.21 Å². The highest BCUT2D eigenvalue weighted by molar-refractivity contribution is 7.05. The lowest BCUT2D eigenvalue weighted by atomic mass is 10.2. The Morgan fingerprint density at radius 1 is 1.00 bits per heavy atom. The van der Waals surface area contributed by atoms with Crippen molar-refractivity contribution in [2.24, 2.45) is 7.05 Å². The maximum atomic E-state index is 11.9. The summed E-state index contributed by atoms with van der Waals surface area (Å²) < 4.78 is 10.6. The number of benzene rings is 1. The number of nitrogen functional groups attached to an aromatic ring is 2. The van der Waals surface area contributed by atoms with Crippen molar-refractivity contribution >= 4 is 29.1 Å². The highest BCUT2D eigenvalue weighted by Crippen LogP contribution is 2.18. The zero-order valence-electron chi connectivity index (χ0n) is 22.7. The van der Waals surface area contributed by atoms with Crippen molar-refractivity contribution in [3.8, 4) is 0 Å². The summed E-state index contributed by atoms with van der Waals surface area (Å²) in [5.41, 5.74) is 15.8. The molecule has 0 radical (unpaired) electrons. The van der Waals surface area contributed by atoms with E-state index < -0.39 is 0 Å². The van der Waals surface area contributed by atoms with Crippen LogP contribution in [0.5, 0.6) is 0 Å². The van der Waals surface area contributed by atoms with Gasteiger partial charge in [0.05, 0.1) is 6.20 Å². The molecule has 5 N–H and O–H groups in total. The summed E-state index contributed by atoms with van der Waals surface area (Å²) in [6.07, 6.45) is 8.23. The number of carbonyl (C=O) groups excluding carboxylic acids is 1. The Morgan fingerprint density at radius 2 is 1.65 bits per heavy atom. The van der Waals surface area contributed by atoms with Crippen LogP contribution in [0.25, 0.3) is 0 Å². The molecule has 3 heterocycles. The van der Waals surface area contributed by atoms with Crippen LogP contribution in [0.2, 0.25) is 0 Å². The Morgan fingerprint density at radius 3 is 2.00 bits per heavy atom. The average Bonchev–Trinajstić information content (AvgIpc) is 3.65. The van der Waals surface area contributed by atoms with Crippen molar-refractivity contribution in [1.29, 1.82) is 0 Å². The third-order valence-corrected chi connectivity index (χ3v) is 6.81. The van der Waals surface area contributed by atoms with Crippen LogP contribution in [0.3, 0.4) is 0 Å². The first-order chi connectivity index (χ1) is 17.6. The molecule has 1 aromatic carbocycles. The normalized spacial score (nSPS) is 12.4. The second-order valence-electron chi connectivity index (χ2n) is 9.16. The van der Waals surface area contributed by atoms with Gasteiger partial charge in [-0.2, -0.15) is 0 Å². The number of anilines is 2. The minimum Gasteiger partial charge on any atom is -0.429 e. The molecule has 8 nitrogen and oxygen atoms in total. The zero-order chi connectivity index (χ0) is 27.4. The Balaban J connectivity index is 0.000000186. The first-order valence-electron chi connectivity index (χ1n) is 12.4. The Bertz CT molecular complexity index is 1170. The van der Waals surface area contributed by atoms with Crippen LogP contribution in [-0.2, 0) is 7.05 Å².